The van der Waals surface area contributed by atoms with Crippen LogP contribution in [0, 0.1) is 5.92 Å². The Balaban J connectivity index is 1.53. The summed E-state index contributed by atoms with van der Waals surface area (Å²) in [4.78, 5) is 19.3. The second kappa shape index (κ2) is 9.62. The lowest BCUT2D eigenvalue weighted by Gasteiger charge is -2.22. The van der Waals surface area contributed by atoms with E-state index in [-0.39, 0.29) is 18.1 Å². The van der Waals surface area contributed by atoms with Crippen LogP contribution in [0.5, 0.6) is 5.75 Å². The lowest BCUT2D eigenvalue weighted by Crippen LogP contribution is -2.31. The number of hydrogen-bond acceptors (Lipinski definition) is 8. The van der Waals surface area contributed by atoms with Gasteiger partial charge in [-0.3, -0.25) is 9.69 Å². The highest BCUT2D eigenvalue weighted by Gasteiger charge is 2.30. The molecule has 0 bridgehead atoms. The van der Waals surface area contributed by atoms with Gasteiger partial charge in [-0.1, -0.05) is 11.6 Å². The molecule has 5 rings (SSSR count). The molecule has 4 heterocycles. The average Bonchev–Trinajstić information content (AvgIpc) is 3.61. The number of benzene rings is 1. The van der Waals surface area contributed by atoms with Gasteiger partial charge in [0.2, 0.25) is 6.35 Å². The molecule has 1 fully saturated rings. The summed E-state index contributed by atoms with van der Waals surface area (Å²) >= 11 is 6.26. The number of likely N-dealkylation sites (tertiary alicyclic amines) is 1. The van der Waals surface area contributed by atoms with Crippen LogP contribution in [-0.4, -0.2) is 72.2 Å². The molecule has 1 saturated heterocycles. The summed E-state index contributed by atoms with van der Waals surface area (Å²) in [6, 6.07) is 6.80. The number of aliphatic hydroxyl groups is 2. The molecule has 2 atom stereocenters. The second-order valence-electron chi connectivity index (χ2n) is 8.29. The molecule has 0 spiro atoms. The number of amides is 1. The molecule has 3 aromatic heterocycles. The molecule has 1 aromatic carbocycles. The van der Waals surface area contributed by atoms with E-state index in [1.54, 1.807) is 42.9 Å². The van der Waals surface area contributed by atoms with Gasteiger partial charge >= 0.3 is 0 Å². The van der Waals surface area contributed by atoms with Gasteiger partial charge in [-0.25, -0.2) is 14.2 Å². The summed E-state index contributed by atoms with van der Waals surface area (Å²) in [5.74, 6) is 0.162. The van der Waals surface area contributed by atoms with E-state index in [1.165, 1.54) is 22.5 Å². The van der Waals surface area contributed by atoms with Crippen molar-refractivity contribution in [3.05, 3.63) is 59.6 Å². The number of fused-ring (bicyclic) bond motifs is 1. The van der Waals surface area contributed by atoms with Crippen LogP contribution >= 0.6 is 11.6 Å². The molecule has 12 heteroatoms. The van der Waals surface area contributed by atoms with Crippen molar-refractivity contribution in [2.45, 2.75) is 12.8 Å². The number of hydrogen-bond donors (Lipinski definition) is 3. The Morgan fingerprint density at radius 1 is 1.40 bits per heavy atom. The lowest BCUT2D eigenvalue weighted by molar-refractivity contribution is -0.0527. The zero-order valence-corrected chi connectivity index (χ0v) is 19.6. The van der Waals surface area contributed by atoms with Gasteiger partial charge < -0.3 is 20.3 Å². The van der Waals surface area contributed by atoms with Crippen molar-refractivity contribution in [1.82, 2.24) is 29.3 Å². The van der Waals surface area contributed by atoms with E-state index in [9.17, 15) is 15.0 Å². The first-order chi connectivity index (χ1) is 17.0. The van der Waals surface area contributed by atoms with Crippen LogP contribution in [0.25, 0.3) is 16.9 Å². The molecule has 1 aliphatic rings. The van der Waals surface area contributed by atoms with Gasteiger partial charge in [0.05, 0.1) is 25.2 Å². The number of aromatic nitrogens is 5. The third-order valence-electron chi connectivity index (χ3n) is 6.06. The Labute approximate surface area is 205 Å². The zero-order valence-electron chi connectivity index (χ0n) is 18.9. The number of ether oxygens (including phenoxy) is 1. The van der Waals surface area contributed by atoms with E-state index < -0.39 is 12.3 Å². The second-order valence-corrected chi connectivity index (χ2v) is 8.73. The monoisotopic (exact) mass is 497 g/mol. The van der Waals surface area contributed by atoms with E-state index in [1.807, 2.05) is 4.90 Å². The molecule has 0 radical (unpaired) electrons. The Hall–Kier alpha value is -3.51. The lowest BCUT2D eigenvalue weighted by atomic mass is 10.1. The first kappa shape index (κ1) is 23.2. The number of aliphatic hydroxyl groups excluding tert-OH is 2. The van der Waals surface area contributed by atoms with Gasteiger partial charge in [-0.15, -0.1) is 0 Å². The first-order valence-electron chi connectivity index (χ1n) is 11.0. The fourth-order valence-corrected chi connectivity index (χ4v) is 4.40. The van der Waals surface area contributed by atoms with Gasteiger partial charge in [0.25, 0.3) is 5.91 Å². The van der Waals surface area contributed by atoms with Crippen LogP contribution in [0.4, 0.5) is 5.69 Å². The topological polar surface area (TPSA) is 130 Å². The van der Waals surface area contributed by atoms with Crippen LogP contribution in [-0.2, 0) is 0 Å². The number of methoxy groups -OCH3 is 1. The third-order valence-corrected chi connectivity index (χ3v) is 6.29. The maximum absolute atomic E-state index is 13.2. The zero-order chi connectivity index (χ0) is 24.5. The number of anilines is 1. The van der Waals surface area contributed by atoms with Crippen molar-refractivity contribution in [2.75, 3.05) is 32.1 Å². The van der Waals surface area contributed by atoms with Crippen molar-refractivity contribution in [3.8, 4) is 17.0 Å². The third kappa shape index (κ3) is 4.46. The number of rotatable bonds is 7. The van der Waals surface area contributed by atoms with Crippen LogP contribution in [0.2, 0.25) is 5.02 Å². The van der Waals surface area contributed by atoms with Gasteiger partial charge in [-0.2, -0.15) is 10.2 Å². The van der Waals surface area contributed by atoms with E-state index in [0.717, 1.165) is 6.42 Å². The quantitative estimate of drug-likeness (QED) is 0.354. The number of carbonyl (C=O) groups is 1. The molecular weight excluding hydrogens is 474 g/mol. The highest BCUT2D eigenvalue weighted by atomic mass is 35.5. The molecule has 35 heavy (non-hydrogen) atoms. The van der Waals surface area contributed by atoms with Crippen molar-refractivity contribution in [3.63, 3.8) is 0 Å². The standard InChI is InChI=1S/C23H24ClN7O4/c1-35-19-4-3-15(24)9-16(19)20-18(12-31(28-20)23(34)29-8-5-14(11-29)13-32)27-22(33)17-10-26-30-7-2-6-25-21(17)30/h2-4,6-7,9-10,12,14,23,32,34H,5,8,11,13H2,1H3,(H,27,33)/t14-,23-/m1/s1. The fourth-order valence-electron chi connectivity index (χ4n) is 4.23. The predicted octanol–water partition coefficient (Wildman–Crippen LogP) is 2.27. The minimum Gasteiger partial charge on any atom is -0.496 e. The summed E-state index contributed by atoms with van der Waals surface area (Å²) in [7, 11) is 1.53. The van der Waals surface area contributed by atoms with Crippen molar-refractivity contribution >= 4 is 28.8 Å². The van der Waals surface area contributed by atoms with E-state index >= 15 is 0 Å². The van der Waals surface area contributed by atoms with E-state index in [4.69, 9.17) is 16.3 Å². The summed E-state index contributed by atoms with van der Waals surface area (Å²) < 4.78 is 8.38. The minimum atomic E-state index is -1.08. The molecule has 182 valence electrons. The predicted molar refractivity (Wildman–Crippen MR) is 128 cm³/mol. The SMILES string of the molecule is COc1ccc(Cl)cc1-c1nn([C@H](O)N2CC[C@@H](CO)C2)cc1NC(=O)c1cnn2cccnc12. The number of halogens is 1. The molecule has 3 N–H and O–H groups in total. The number of carbonyl (C=O) groups excluding carboxylic acids is 1. The first-order valence-corrected chi connectivity index (χ1v) is 11.4. The average molecular weight is 498 g/mol. The molecule has 1 aliphatic heterocycles. The van der Waals surface area contributed by atoms with E-state index in [2.05, 4.69) is 20.5 Å². The molecule has 11 nitrogen and oxygen atoms in total. The highest BCUT2D eigenvalue weighted by molar-refractivity contribution is 6.31. The van der Waals surface area contributed by atoms with Gasteiger partial charge in [0, 0.05) is 42.7 Å². The summed E-state index contributed by atoms with van der Waals surface area (Å²) in [6.45, 7) is 1.20. The summed E-state index contributed by atoms with van der Waals surface area (Å²) in [5.41, 5.74) is 1.97. The van der Waals surface area contributed by atoms with Crippen LogP contribution in [0.1, 0.15) is 23.1 Å². The smallest absolute Gasteiger partial charge is 0.261 e. The maximum Gasteiger partial charge on any atom is 0.261 e. The normalized spacial score (nSPS) is 17.1. The van der Waals surface area contributed by atoms with E-state index in [0.29, 0.717) is 46.5 Å². The van der Waals surface area contributed by atoms with Gasteiger partial charge in [0.15, 0.2) is 5.65 Å². The Morgan fingerprint density at radius 2 is 2.26 bits per heavy atom. The molecule has 0 aliphatic carbocycles. The number of nitrogens with one attached hydrogen (secondary N) is 1. The summed E-state index contributed by atoms with van der Waals surface area (Å²) in [5, 5.41) is 32.6. The van der Waals surface area contributed by atoms with Crippen LogP contribution in [0.15, 0.2) is 49.1 Å². The highest BCUT2D eigenvalue weighted by Crippen LogP contribution is 2.37. The minimum absolute atomic E-state index is 0.0578. The Kier molecular flexibility index (Phi) is 6.39. The fraction of sp³-hybridized carbons (Fsp3) is 0.304. The van der Waals surface area contributed by atoms with Gasteiger partial charge in [0.1, 0.15) is 17.0 Å². The molecule has 4 aromatic rings. The maximum atomic E-state index is 13.2. The van der Waals surface area contributed by atoms with Crippen LogP contribution in [0.3, 0.4) is 0 Å². The molecule has 0 unspecified atom stereocenters. The van der Waals surface area contributed by atoms with Crippen LogP contribution < -0.4 is 10.1 Å². The molecular formula is C23H24ClN7O4. The molecule has 0 saturated carbocycles. The Bertz CT molecular complexity index is 1370. The summed E-state index contributed by atoms with van der Waals surface area (Å²) in [6.07, 6.45) is 5.97. The molecule has 1 amide bonds. The number of nitrogens with zero attached hydrogens (tertiary/aromatic N) is 6. The van der Waals surface area contributed by atoms with Gasteiger partial charge in [-0.05, 0) is 36.6 Å². The van der Waals surface area contributed by atoms with Crippen molar-refractivity contribution in [1.29, 1.82) is 0 Å². The Morgan fingerprint density at radius 3 is 3.03 bits per heavy atom. The van der Waals surface area contributed by atoms with Crippen molar-refractivity contribution < 1.29 is 19.7 Å². The largest absolute Gasteiger partial charge is 0.496 e. The van der Waals surface area contributed by atoms with Crippen molar-refractivity contribution in [2.24, 2.45) is 5.92 Å².